The van der Waals surface area contributed by atoms with Gasteiger partial charge in [-0.1, -0.05) is 26.0 Å². The van der Waals surface area contributed by atoms with Crippen molar-refractivity contribution in [3.05, 3.63) is 58.3 Å². The van der Waals surface area contributed by atoms with Crippen LogP contribution in [0.4, 0.5) is 0 Å². The highest BCUT2D eigenvalue weighted by Crippen LogP contribution is 2.14. The molecule has 0 atom stereocenters. The molecule has 0 amide bonds. The first-order chi connectivity index (χ1) is 9.63. The molecule has 1 aromatic carbocycles. The largest absolute Gasteiger partial charge is 0.487 e. The summed E-state index contributed by atoms with van der Waals surface area (Å²) < 4.78 is 6.69. The maximum absolute atomic E-state index is 5.71. The molecule has 3 nitrogen and oxygen atoms in total. The van der Waals surface area contributed by atoms with Crippen LogP contribution in [0.1, 0.15) is 25.1 Å². The van der Waals surface area contributed by atoms with Crippen molar-refractivity contribution in [2.45, 2.75) is 33.0 Å². The summed E-state index contributed by atoms with van der Waals surface area (Å²) in [5.74, 6) is 0.864. The van der Waals surface area contributed by atoms with E-state index in [4.69, 9.17) is 4.74 Å². The Labute approximate surface area is 128 Å². The average Bonchev–Trinajstić information content (AvgIpc) is 2.45. The van der Waals surface area contributed by atoms with E-state index in [1.807, 2.05) is 24.3 Å². The van der Waals surface area contributed by atoms with Gasteiger partial charge in [-0.2, -0.15) is 0 Å². The summed E-state index contributed by atoms with van der Waals surface area (Å²) in [6.07, 6.45) is 1.78. The molecule has 1 heterocycles. The maximum Gasteiger partial charge on any atom is 0.130 e. The minimum absolute atomic E-state index is 0.483. The highest BCUT2D eigenvalue weighted by Gasteiger charge is 1.99. The number of nitrogens with zero attached hydrogens (tertiary/aromatic N) is 1. The average molecular weight is 335 g/mol. The van der Waals surface area contributed by atoms with Crippen molar-refractivity contribution in [2.24, 2.45) is 0 Å². The Morgan fingerprint density at radius 2 is 1.90 bits per heavy atom. The third-order valence-corrected chi connectivity index (χ3v) is 3.28. The molecule has 0 fully saturated rings. The molecule has 0 spiro atoms. The van der Waals surface area contributed by atoms with Crippen LogP contribution in [-0.4, -0.2) is 11.0 Å². The lowest BCUT2D eigenvalue weighted by molar-refractivity contribution is 0.301. The van der Waals surface area contributed by atoms with Gasteiger partial charge in [-0.3, -0.25) is 4.98 Å². The summed E-state index contributed by atoms with van der Waals surface area (Å²) >= 11 is 3.36. The van der Waals surface area contributed by atoms with E-state index >= 15 is 0 Å². The van der Waals surface area contributed by atoms with Gasteiger partial charge in [-0.05, 0) is 45.8 Å². The van der Waals surface area contributed by atoms with Crippen molar-refractivity contribution in [3.8, 4) is 5.75 Å². The molecule has 0 saturated heterocycles. The number of hydrogen-bond acceptors (Lipinski definition) is 3. The first-order valence-electron chi connectivity index (χ1n) is 6.69. The lowest BCUT2D eigenvalue weighted by Crippen LogP contribution is -2.21. The van der Waals surface area contributed by atoms with Gasteiger partial charge in [0.15, 0.2) is 0 Å². The maximum atomic E-state index is 5.71. The van der Waals surface area contributed by atoms with Crippen molar-refractivity contribution in [2.75, 3.05) is 0 Å². The normalized spacial score (nSPS) is 10.8. The molecule has 0 saturated carbocycles. The summed E-state index contributed by atoms with van der Waals surface area (Å²) in [5.41, 5.74) is 2.17. The van der Waals surface area contributed by atoms with E-state index in [1.54, 1.807) is 6.20 Å². The second kappa shape index (κ2) is 7.41. The zero-order chi connectivity index (χ0) is 14.4. The highest BCUT2D eigenvalue weighted by molar-refractivity contribution is 9.10. The van der Waals surface area contributed by atoms with Crippen LogP contribution >= 0.6 is 15.9 Å². The smallest absolute Gasteiger partial charge is 0.130 e. The molecule has 0 unspecified atom stereocenters. The topological polar surface area (TPSA) is 34.1 Å². The third kappa shape index (κ3) is 4.94. The number of ether oxygens (including phenoxy) is 1. The molecule has 106 valence electrons. The monoisotopic (exact) mass is 334 g/mol. The van der Waals surface area contributed by atoms with Gasteiger partial charge in [0.1, 0.15) is 12.4 Å². The molecule has 0 aliphatic rings. The molecule has 2 aromatic rings. The van der Waals surface area contributed by atoms with Crippen molar-refractivity contribution in [3.63, 3.8) is 0 Å². The van der Waals surface area contributed by atoms with Crippen LogP contribution in [0.2, 0.25) is 0 Å². The Balaban J connectivity index is 1.85. The predicted molar refractivity (Wildman–Crippen MR) is 84.7 cm³/mol. The standard InChI is InChI=1S/C16H19BrN2O/c1-12(2)18-9-13-3-7-16(8-4-13)20-11-15-6-5-14(17)10-19-15/h3-8,10,12,18H,9,11H2,1-2H3. The molecule has 0 radical (unpaired) electrons. The van der Waals surface area contributed by atoms with Crippen LogP contribution in [0.3, 0.4) is 0 Å². The predicted octanol–water partition coefficient (Wildman–Crippen LogP) is 3.92. The molecule has 0 aliphatic heterocycles. The van der Waals surface area contributed by atoms with Crippen LogP contribution < -0.4 is 10.1 Å². The van der Waals surface area contributed by atoms with Gasteiger partial charge in [-0.15, -0.1) is 0 Å². The third-order valence-electron chi connectivity index (χ3n) is 2.81. The SMILES string of the molecule is CC(C)NCc1ccc(OCc2ccc(Br)cn2)cc1. The summed E-state index contributed by atoms with van der Waals surface area (Å²) in [6.45, 7) is 5.65. The molecular weight excluding hydrogens is 316 g/mol. The van der Waals surface area contributed by atoms with Crippen molar-refractivity contribution < 1.29 is 4.74 Å². The quantitative estimate of drug-likeness (QED) is 0.869. The fourth-order valence-electron chi connectivity index (χ4n) is 1.67. The van der Waals surface area contributed by atoms with Gasteiger partial charge in [0.2, 0.25) is 0 Å². The summed E-state index contributed by atoms with van der Waals surface area (Å²) in [5, 5.41) is 3.39. The highest BCUT2D eigenvalue weighted by atomic mass is 79.9. The Bertz CT molecular complexity index is 523. The Hall–Kier alpha value is -1.39. The number of halogens is 1. The lowest BCUT2D eigenvalue weighted by atomic mass is 10.2. The summed E-state index contributed by atoms with van der Waals surface area (Å²) in [4.78, 5) is 4.28. The zero-order valence-electron chi connectivity index (χ0n) is 11.8. The van der Waals surface area contributed by atoms with Crippen LogP contribution in [0.25, 0.3) is 0 Å². The van der Waals surface area contributed by atoms with Crippen LogP contribution in [0.5, 0.6) is 5.75 Å². The van der Waals surface area contributed by atoms with Gasteiger partial charge >= 0.3 is 0 Å². The van der Waals surface area contributed by atoms with E-state index in [0.29, 0.717) is 12.6 Å². The summed E-state index contributed by atoms with van der Waals surface area (Å²) in [6, 6.07) is 12.6. The number of pyridine rings is 1. The molecular formula is C16H19BrN2O. The molecule has 4 heteroatoms. The summed E-state index contributed by atoms with van der Waals surface area (Å²) in [7, 11) is 0. The minimum Gasteiger partial charge on any atom is -0.487 e. The van der Waals surface area contributed by atoms with E-state index in [1.165, 1.54) is 5.56 Å². The van der Waals surface area contributed by atoms with Gasteiger partial charge in [0, 0.05) is 23.3 Å². The Morgan fingerprint density at radius 3 is 2.50 bits per heavy atom. The Morgan fingerprint density at radius 1 is 1.15 bits per heavy atom. The van der Waals surface area contributed by atoms with Crippen molar-refractivity contribution in [1.29, 1.82) is 0 Å². The lowest BCUT2D eigenvalue weighted by Gasteiger charge is -2.09. The number of benzene rings is 1. The number of aromatic nitrogens is 1. The van der Waals surface area contributed by atoms with Gasteiger partial charge in [0.05, 0.1) is 5.69 Å². The van der Waals surface area contributed by atoms with Crippen molar-refractivity contribution in [1.82, 2.24) is 10.3 Å². The van der Waals surface area contributed by atoms with E-state index in [2.05, 4.69) is 52.2 Å². The van der Waals surface area contributed by atoms with E-state index in [-0.39, 0.29) is 0 Å². The number of rotatable bonds is 6. The molecule has 20 heavy (non-hydrogen) atoms. The van der Waals surface area contributed by atoms with Crippen LogP contribution in [-0.2, 0) is 13.2 Å². The molecule has 1 N–H and O–H groups in total. The molecule has 1 aromatic heterocycles. The van der Waals surface area contributed by atoms with Gasteiger partial charge < -0.3 is 10.1 Å². The van der Waals surface area contributed by atoms with E-state index in [9.17, 15) is 0 Å². The van der Waals surface area contributed by atoms with Crippen molar-refractivity contribution >= 4 is 15.9 Å². The second-order valence-electron chi connectivity index (χ2n) is 4.94. The second-order valence-corrected chi connectivity index (χ2v) is 5.85. The minimum atomic E-state index is 0.483. The fraction of sp³-hybridized carbons (Fsp3) is 0.312. The van der Waals surface area contributed by atoms with Crippen LogP contribution in [0, 0.1) is 0 Å². The molecule has 0 aliphatic carbocycles. The first-order valence-corrected chi connectivity index (χ1v) is 7.48. The number of nitrogens with one attached hydrogen (secondary N) is 1. The first kappa shape index (κ1) is 15.0. The fourth-order valence-corrected chi connectivity index (χ4v) is 1.91. The zero-order valence-corrected chi connectivity index (χ0v) is 13.4. The Kier molecular flexibility index (Phi) is 5.56. The molecule has 0 bridgehead atoms. The van der Waals surface area contributed by atoms with Gasteiger partial charge in [0.25, 0.3) is 0 Å². The number of hydrogen-bond donors (Lipinski definition) is 1. The van der Waals surface area contributed by atoms with E-state index < -0.39 is 0 Å². The van der Waals surface area contributed by atoms with Crippen LogP contribution in [0.15, 0.2) is 47.1 Å². The van der Waals surface area contributed by atoms with E-state index in [0.717, 1.165) is 22.5 Å². The van der Waals surface area contributed by atoms with Gasteiger partial charge in [-0.25, -0.2) is 0 Å². The molecule has 2 rings (SSSR count).